The third-order valence-corrected chi connectivity index (χ3v) is 2.96. The number of nitrogens with one attached hydrogen (secondary N) is 2. The molecule has 15 heavy (non-hydrogen) atoms. The van der Waals surface area contributed by atoms with Crippen molar-refractivity contribution in [2.75, 3.05) is 19.6 Å². The maximum absolute atomic E-state index is 9.18. The molecule has 1 atom stereocenters. The van der Waals surface area contributed by atoms with E-state index in [1.54, 1.807) is 12.1 Å². The second-order valence-electron chi connectivity index (χ2n) is 4.26. The van der Waals surface area contributed by atoms with E-state index in [0.717, 1.165) is 19.6 Å². The van der Waals surface area contributed by atoms with Gasteiger partial charge < -0.3 is 15.7 Å². The number of hydrogen-bond acceptors (Lipinski definition) is 3. The van der Waals surface area contributed by atoms with Crippen molar-refractivity contribution in [3.05, 3.63) is 29.8 Å². The molecule has 0 saturated carbocycles. The van der Waals surface area contributed by atoms with Gasteiger partial charge in [-0.15, -0.1) is 0 Å². The van der Waals surface area contributed by atoms with Crippen molar-refractivity contribution >= 4 is 0 Å². The quantitative estimate of drug-likeness (QED) is 0.690. The molecule has 3 heteroatoms. The maximum atomic E-state index is 9.18. The lowest BCUT2D eigenvalue weighted by Gasteiger charge is -2.29. The molecule has 1 unspecified atom stereocenters. The molecule has 0 amide bonds. The summed E-state index contributed by atoms with van der Waals surface area (Å²) in [6, 6.07) is 8.11. The summed E-state index contributed by atoms with van der Waals surface area (Å²) in [5, 5.41) is 15.9. The van der Waals surface area contributed by atoms with Crippen LogP contribution >= 0.6 is 0 Å². The fourth-order valence-electron chi connectivity index (χ4n) is 1.70. The second-order valence-corrected chi connectivity index (χ2v) is 4.26. The molecule has 0 spiro atoms. The van der Waals surface area contributed by atoms with E-state index in [1.807, 2.05) is 12.1 Å². The van der Waals surface area contributed by atoms with Gasteiger partial charge in [-0.2, -0.15) is 0 Å². The van der Waals surface area contributed by atoms with Crippen LogP contribution in [0.25, 0.3) is 0 Å². The molecule has 0 aliphatic carbocycles. The highest BCUT2D eigenvalue weighted by Crippen LogP contribution is 2.17. The largest absolute Gasteiger partial charge is 0.508 e. The highest BCUT2D eigenvalue weighted by atomic mass is 16.3. The Morgan fingerprint density at radius 3 is 2.60 bits per heavy atom. The van der Waals surface area contributed by atoms with Crippen LogP contribution in [0.1, 0.15) is 18.4 Å². The van der Waals surface area contributed by atoms with Gasteiger partial charge in [-0.05, 0) is 23.6 Å². The fourth-order valence-corrected chi connectivity index (χ4v) is 1.70. The molecule has 1 aromatic carbocycles. The first-order valence-corrected chi connectivity index (χ1v) is 5.49. The Hall–Kier alpha value is -1.06. The summed E-state index contributed by atoms with van der Waals surface area (Å²) >= 11 is 0. The maximum Gasteiger partial charge on any atom is 0.115 e. The van der Waals surface area contributed by atoms with Crippen LogP contribution in [0.15, 0.2) is 24.3 Å². The van der Waals surface area contributed by atoms with Gasteiger partial charge in [0.15, 0.2) is 0 Å². The van der Waals surface area contributed by atoms with E-state index in [2.05, 4.69) is 17.6 Å². The van der Waals surface area contributed by atoms with Gasteiger partial charge in [0.25, 0.3) is 0 Å². The number of phenols is 1. The van der Waals surface area contributed by atoms with Crippen molar-refractivity contribution in [1.29, 1.82) is 0 Å². The van der Waals surface area contributed by atoms with Gasteiger partial charge in [-0.1, -0.05) is 19.1 Å². The van der Waals surface area contributed by atoms with Crippen molar-refractivity contribution in [3.8, 4) is 5.75 Å². The topological polar surface area (TPSA) is 44.3 Å². The van der Waals surface area contributed by atoms with Crippen LogP contribution in [0.2, 0.25) is 0 Å². The van der Waals surface area contributed by atoms with Crippen molar-refractivity contribution in [1.82, 2.24) is 10.6 Å². The summed E-state index contributed by atoms with van der Waals surface area (Å²) in [5.74, 6) is 0.827. The molecule has 2 rings (SSSR count). The van der Waals surface area contributed by atoms with Gasteiger partial charge >= 0.3 is 0 Å². The van der Waals surface area contributed by atoms with E-state index in [9.17, 15) is 5.11 Å². The smallest absolute Gasteiger partial charge is 0.115 e. The average Bonchev–Trinajstić information content (AvgIpc) is 2.16. The van der Waals surface area contributed by atoms with Crippen molar-refractivity contribution in [2.24, 2.45) is 0 Å². The molecule has 1 aromatic rings. The zero-order chi connectivity index (χ0) is 10.7. The first-order chi connectivity index (χ1) is 7.25. The lowest BCUT2D eigenvalue weighted by atomic mass is 10.0. The fraction of sp³-hybridized carbons (Fsp3) is 0.500. The van der Waals surface area contributed by atoms with Gasteiger partial charge in [-0.25, -0.2) is 0 Å². The Balaban J connectivity index is 1.83. The Bertz CT molecular complexity index is 306. The van der Waals surface area contributed by atoms with Crippen LogP contribution < -0.4 is 10.6 Å². The molecule has 1 heterocycles. The standard InChI is InChI=1S/C12H18N2O/c1-9(6-14-11-7-13-8-11)10-2-4-12(15)5-3-10/h2-5,9,11,13-15H,6-8H2,1H3. The van der Waals surface area contributed by atoms with Crippen molar-refractivity contribution in [3.63, 3.8) is 0 Å². The Morgan fingerprint density at radius 2 is 2.07 bits per heavy atom. The Morgan fingerprint density at radius 1 is 1.40 bits per heavy atom. The minimum Gasteiger partial charge on any atom is -0.508 e. The summed E-state index contributed by atoms with van der Waals surface area (Å²) in [7, 11) is 0. The van der Waals surface area contributed by atoms with E-state index in [4.69, 9.17) is 0 Å². The molecule has 1 aliphatic rings. The first-order valence-electron chi connectivity index (χ1n) is 5.49. The van der Waals surface area contributed by atoms with Crippen molar-refractivity contribution < 1.29 is 5.11 Å². The number of aromatic hydroxyl groups is 1. The van der Waals surface area contributed by atoms with Gasteiger partial charge in [0, 0.05) is 25.7 Å². The third-order valence-electron chi connectivity index (χ3n) is 2.96. The van der Waals surface area contributed by atoms with Crippen LogP contribution in [0.5, 0.6) is 5.75 Å². The van der Waals surface area contributed by atoms with Crippen LogP contribution in [0.4, 0.5) is 0 Å². The van der Waals surface area contributed by atoms with Crippen LogP contribution in [-0.4, -0.2) is 30.8 Å². The lowest BCUT2D eigenvalue weighted by Crippen LogP contribution is -2.55. The van der Waals surface area contributed by atoms with Crippen LogP contribution in [0.3, 0.4) is 0 Å². The number of benzene rings is 1. The molecule has 0 aromatic heterocycles. The molecule has 3 nitrogen and oxygen atoms in total. The minimum absolute atomic E-state index is 0.335. The van der Waals surface area contributed by atoms with Gasteiger partial charge in [0.1, 0.15) is 5.75 Å². The SMILES string of the molecule is CC(CNC1CNC1)c1ccc(O)cc1. The summed E-state index contributed by atoms with van der Waals surface area (Å²) in [6.07, 6.45) is 0. The van der Waals surface area contributed by atoms with Crippen LogP contribution in [0, 0.1) is 0 Å². The number of hydrogen-bond donors (Lipinski definition) is 3. The predicted octanol–water partition coefficient (Wildman–Crippen LogP) is 1.06. The molecule has 0 radical (unpaired) electrons. The molecule has 1 aliphatic heterocycles. The van der Waals surface area contributed by atoms with E-state index >= 15 is 0 Å². The zero-order valence-corrected chi connectivity index (χ0v) is 9.03. The molecule has 1 fully saturated rings. The van der Waals surface area contributed by atoms with E-state index in [1.165, 1.54) is 5.56 Å². The highest BCUT2D eigenvalue weighted by molar-refractivity contribution is 5.28. The monoisotopic (exact) mass is 206 g/mol. The number of rotatable bonds is 4. The van der Waals surface area contributed by atoms with E-state index < -0.39 is 0 Å². The summed E-state index contributed by atoms with van der Waals surface area (Å²) < 4.78 is 0. The molecule has 82 valence electrons. The van der Waals surface area contributed by atoms with Gasteiger partial charge in [-0.3, -0.25) is 0 Å². The first kappa shape index (κ1) is 10.5. The third kappa shape index (κ3) is 2.70. The van der Waals surface area contributed by atoms with Gasteiger partial charge in [0.05, 0.1) is 0 Å². The lowest BCUT2D eigenvalue weighted by molar-refractivity contribution is 0.360. The molecule has 0 bridgehead atoms. The average molecular weight is 206 g/mol. The molecule has 3 N–H and O–H groups in total. The van der Waals surface area contributed by atoms with Gasteiger partial charge in [0.2, 0.25) is 0 Å². The Kier molecular flexibility index (Phi) is 3.23. The normalized spacial score (nSPS) is 18.5. The zero-order valence-electron chi connectivity index (χ0n) is 9.03. The molecule has 1 saturated heterocycles. The second kappa shape index (κ2) is 4.64. The Labute approximate surface area is 90.5 Å². The summed E-state index contributed by atoms with van der Waals surface area (Å²) in [4.78, 5) is 0. The minimum atomic E-state index is 0.335. The van der Waals surface area contributed by atoms with Crippen LogP contribution in [-0.2, 0) is 0 Å². The summed E-state index contributed by atoms with van der Waals surface area (Å²) in [5.41, 5.74) is 1.27. The molecular formula is C12H18N2O. The van der Waals surface area contributed by atoms with E-state index in [-0.39, 0.29) is 0 Å². The van der Waals surface area contributed by atoms with Crippen molar-refractivity contribution in [2.45, 2.75) is 18.9 Å². The number of phenolic OH excluding ortho intramolecular Hbond substituents is 1. The van der Waals surface area contributed by atoms with E-state index in [0.29, 0.717) is 17.7 Å². The summed E-state index contributed by atoms with van der Waals surface area (Å²) in [6.45, 7) is 5.37. The molecular weight excluding hydrogens is 188 g/mol. The highest BCUT2D eigenvalue weighted by Gasteiger charge is 2.16. The predicted molar refractivity (Wildman–Crippen MR) is 61.2 cm³/mol.